The maximum Gasteiger partial charge on any atom is 0.230 e. The maximum absolute atomic E-state index is 11.4. The zero-order chi connectivity index (χ0) is 8.55. The van der Waals surface area contributed by atoms with Crippen LogP contribution in [0.15, 0.2) is 4.99 Å². The molecule has 0 saturated heterocycles. The van der Waals surface area contributed by atoms with Gasteiger partial charge < -0.3 is 5.32 Å². The van der Waals surface area contributed by atoms with Crippen molar-refractivity contribution in [1.82, 2.24) is 5.32 Å². The van der Waals surface area contributed by atoms with Crippen LogP contribution in [0.25, 0.3) is 0 Å². The van der Waals surface area contributed by atoms with E-state index in [1.807, 2.05) is 0 Å². The van der Waals surface area contributed by atoms with Crippen LogP contribution in [0.1, 0.15) is 19.3 Å². The summed E-state index contributed by atoms with van der Waals surface area (Å²) in [6, 6.07) is 0.243. The number of nitrogens with one attached hydrogen (secondary N) is 1. The van der Waals surface area contributed by atoms with Crippen LogP contribution in [0, 0.1) is 5.92 Å². The van der Waals surface area contributed by atoms with Gasteiger partial charge in [-0.15, -0.1) is 0 Å². The average Bonchev–Trinajstić information content (AvgIpc) is 2.07. The molecule has 0 radical (unpaired) electrons. The number of halogens is 1. The Kier molecular flexibility index (Phi) is 2.17. The minimum absolute atomic E-state index is 0.105. The summed E-state index contributed by atoms with van der Waals surface area (Å²) in [5, 5.41) is 2.65. The fourth-order valence-electron chi connectivity index (χ4n) is 1.87. The monoisotopic (exact) mass is 230 g/mol. The summed E-state index contributed by atoms with van der Waals surface area (Å²) in [7, 11) is 0. The summed E-state index contributed by atoms with van der Waals surface area (Å²) < 4.78 is 0. The molecule has 2 rings (SSSR count). The number of hydrogen-bond acceptors (Lipinski definition) is 2. The molecular weight excluding hydrogens is 220 g/mol. The quantitative estimate of drug-likeness (QED) is 0.622. The molecule has 1 saturated carbocycles. The lowest BCUT2D eigenvalue weighted by atomic mass is 9.83. The highest BCUT2D eigenvalue weighted by atomic mass is 79.9. The molecule has 12 heavy (non-hydrogen) atoms. The number of fused-ring (bicyclic) bond motifs is 1. The van der Waals surface area contributed by atoms with E-state index in [4.69, 9.17) is 0 Å². The van der Waals surface area contributed by atoms with Crippen LogP contribution in [0.5, 0.6) is 0 Å². The number of hydrogen-bond donors (Lipinski definition) is 1. The number of carbonyl (C=O) groups excluding carboxylic acids is 1. The molecule has 1 aliphatic heterocycles. The first-order valence-electron chi connectivity index (χ1n) is 4.23. The maximum atomic E-state index is 11.4. The Bertz CT molecular complexity index is 229. The third kappa shape index (κ3) is 1.40. The molecule has 1 fully saturated rings. The van der Waals surface area contributed by atoms with Gasteiger partial charge in [0.15, 0.2) is 0 Å². The summed E-state index contributed by atoms with van der Waals surface area (Å²) in [5.74, 6) is 0.243. The van der Waals surface area contributed by atoms with Crippen molar-refractivity contribution in [3.05, 3.63) is 0 Å². The Morgan fingerprint density at radius 2 is 2.42 bits per heavy atom. The number of amides is 1. The van der Waals surface area contributed by atoms with Crippen LogP contribution < -0.4 is 5.32 Å². The van der Waals surface area contributed by atoms with Crippen LogP contribution in [-0.4, -0.2) is 23.1 Å². The van der Waals surface area contributed by atoms with Gasteiger partial charge in [0.25, 0.3) is 0 Å². The molecule has 66 valence electrons. The van der Waals surface area contributed by atoms with Gasteiger partial charge in [0.1, 0.15) is 0 Å². The molecule has 1 N–H and O–H groups in total. The van der Waals surface area contributed by atoms with E-state index in [0.29, 0.717) is 4.83 Å². The molecule has 0 spiro atoms. The molecule has 1 heterocycles. The largest absolute Gasteiger partial charge is 0.317 e. The van der Waals surface area contributed by atoms with Crippen molar-refractivity contribution in [3.63, 3.8) is 0 Å². The fraction of sp³-hybridized carbons (Fsp3) is 0.750. The summed E-state index contributed by atoms with van der Waals surface area (Å²) in [6.45, 7) is 0. The van der Waals surface area contributed by atoms with Gasteiger partial charge in [-0.25, -0.2) is 0 Å². The predicted octanol–water partition coefficient (Wildman–Crippen LogP) is 1.08. The van der Waals surface area contributed by atoms with Gasteiger partial charge in [0.05, 0.1) is 18.3 Å². The zero-order valence-corrected chi connectivity index (χ0v) is 8.25. The second kappa shape index (κ2) is 3.17. The van der Waals surface area contributed by atoms with E-state index in [9.17, 15) is 4.79 Å². The molecule has 1 amide bonds. The first kappa shape index (κ1) is 8.23. The minimum Gasteiger partial charge on any atom is -0.317 e. The van der Waals surface area contributed by atoms with E-state index in [1.165, 1.54) is 6.34 Å². The van der Waals surface area contributed by atoms with E-state index < -0.39 is 0 Å². The van der Waals surface area contributed by atoms with E-state index in [2.05, 4.69) is 26.2 Å². The van der Waals surface area contributed by atoms with Gasteiger partial charge in [-0.3, -0.25) is 9.79 Å². The van der Waals surface area contributed by atoms with Gasteiger partial charge in [-0.1, -0.05) is 15.9 Å². The Labute approximate surface area is 79.8 Å². The van der Waals surface area contributed by atoms with Crippen molar-refractivity contribution in [1.29, 1.82) is 0 Å². The van der Waals surface area contributed by atoms with E-state index in [-0.39, 0.29) is 17.9 Å². The highest BCUT2D eigenvalue weighted by Gasteiger charge is 2.35. The number of carbonyl (C=O) groups is 1. The van der Waals surface area contributed by atoms with Crippen LogP contribution in [-0.2, 0) is 4.79 Å². The predicted molar refractivity (Wildman–Crippen MR) is 50.5 cm³/mol. The normalized spacial score (nSPS) is 40.4. The van der Waals surface area contributed by atoms with Crippen LogP contribution in [0.3, 0.4) is 0 Å². The molecule has 3 nitrogen and oxygen atoms in total. The summed E-state index contributed by atoms with van der Waals surface area (Å²) >= 11 is 3.55. The fourth-order valence-corrected chi connectivity index (χ4v) is 2.53. The van der Waals surface area contributed by atoms with Crippen molar-refractivity contribution < 1.29 is 4.79 Å². The van der Waals surface area contributed by atoms with Crippen molar-refractivity contribution in [2.75, 3.05) is 0 Å². The topological polar surface area (TPSA) is 41.5 Å². The molecule has 3 atom stereocenters. The molecule has 0 bridgehead atoms. The molecule has 0 aromatic rings. The van der Waals surface area contributed by atoms with Crippen molar-refractivity contribution in [2.45, 2.75) is 30.1 Å². The smallest absolute Gasteiger partial charge is 0.230 e. The summed E-state index contributed by atoms with van der Waals surface area (Å²) in [5.41, 5.74) is 0. The van der Waals surface area contributed by atoms with E-state index in [1.54, 1.807) is 0 Å². The van der Waals surface area contributed by atoms with Crippen molar-refractivity contribution >= 4 is 28.2 Å². The number of aliphatic imine (C=N–C) groups is 1. The average molecular weight is 231 g/mol. The standard InChI is InChI=1S/C8H11BrN2O/c9-5-1-2-7-6(3-5)8(12)11-4-10-7/h4-7H,1-3H2,(H,10,11,12). The lowest BCUT2D eigenvalue weighted by Crippen LogP contribution is -2.44. The van der Waals surface area contributed by atoms with Crippen LogP contribution in [0.4, 0.5) is 0 Å². The molecule has 3 unspecified atom stereocenters. The van der Waals surface area contributed by atoms with Gasteiger partial charge in [0.2, 0.25) is 5.91 Å². The van der Waals surface area contributed by atoms with Gasteiger partial charge in [0, 0.05) is 4.83 Å². The Morgan fingerprint density at radius 3 is 3.25 bits per heavy atom. The van der Waals surface area contributed by atoms with Crippen molar-refractivity contribution in [3.8, 4) is 0 Å². The third-order valence-electron chi connectivity index (χ3n) is 2.56. The zero-order valence-electron chi connectivity index (χ0n) is 6.66. The third-order valence-corrected chi connectivity index (χ3v) is 3.39. The first-order chi connectivity index (χ1) is 5.77. The van der Waals surface area contributed by atoms with E-state index >= 15 is 0 Å². The second-order valence-corrected chi connectivity index (χ2v) is 4.67. The Balaban J connectivity index is 2.13. The van der Waals surface area contributed by atoms with Gasteiger partial charge >= 0.3 is 0 Å². The van der Waals surface area contributed by atoms with E-state index in [0.717, 1.165) is 19.3 Å². The van der Waals surface area contributed by atoms with Crippen LogP contribution >= 0.6 is 15.9 Å². The highest BCUT2D eigenvalue weighted by Crippen LogP contribution is 2.32. The molecule has 0 aromatic carbocycles. The summed E-state index contributed by atoms with van der Waals surface area (Å²) in [4.78, 5) is 16.1. The van der Waals surface area contributed by atoms with Crippen molar-refractivity contribution in [2.24, 2.45) is 10.9 Å². The Hall–Kier alpha value is -0.380. The van der Waals surface area contributed by atoms with Crippen LogP contribution in [0.2, 0.25) is 0 Å². The molecular formula is C8H11BrN2O. The summed E-state index contributed by atoms with van der Waals surface area (Å²) in [6.07, 6.45) is 4.63. The first-order valence-corrected chi connectivity index (χ1v) is 5.15. The SMILES string of the molecule is O=C1NC=NC2CCC(Br)CC12. The molecule has 1 aliphatic carbocycles. The highest BCUT2D eigenvalue weighted by molar-refractivity contribution is 9.09. The number of alkyl halides is 1. The Morgan fingerprint density at radius 1 is 1.58 bits per heavy atom. The molecule has 2 aliphatic rings. The minimum atomic E-state index is 0.105. The van der Waals surface area contributed by atoms with Gasteiger partial charge in [-0.05, 0) is 19.3 Å². The number of nitrogens with zero attached hydrogens (tertiary/aromatic N) is 1. The lowest BCUT2D eigenvalue weighted by Gasteiger charge is -2.32. The van der Waals surface area contributed by atoms with Gasteiger partial charge in [-0.2, -0.15) is 0 Å². The number of rotatable bonds is 0. The lowest BCUT2D eigenvalue weighted by molar-refractivity contribution is -0.125. The second-order valence-electron chi connectivity index (χ2n) is 3.37. The molecule has 0 aromatic heterocycles. The molecule has 4 heteroatoms.